The molecule has 2 aliphatic rings. The van der Waals surface area contributed by atoms with Crippen LogP contribution in [-0.4, -0.2) is 57.1 Å². The Balaban J connectivity index is 1.28. The molecule has 5 rings (SSSR count). The number of aromatic nitrogens is 1. The molecule has 9 heteroatoms. The van der Waals surface area contributed by atoms with Crippen molar-refractivity contribution in [1.29, 1.82) is 0 Å². The number of carbonyl (C=O) groups excluding carboxylic acids is 2. The Labute approximate surface area is 231 Å². The molecule has 0 spiro atoms. The molecule has 1 aromatic heterocycles. The van der Waals surface area contributed by atoms with Crippen LogP contribution in [0.2, 0.25) is 10.0 Å². The topological polar surface area (TPSA) is 54.8 Å². The van der Waals surface area contributed by atoms with Crippen LogP contribution in [0, 0.1) is 0 Å². The first kappa shape index (κ1) is 26.0. The molecule has 2 saturated heterocycles. The number of halogens is 2. The summed E-state index contributed by atoms with van der Waals surface area (Å²) in [7, 11) is 2.02. The van der Waals surface area contributed by atoms with Gasteiger partial charge in [-0.15, -0.1) is 0 Å². The van der Waals surface area contributed by atoms with E-state index in [2.05, 4.69) is 35.4 Å². The van der Waals surface area contributed by atoms with Crippen LogP contribution in [0.1, 0.15) is 32.8 Å². The quantitative estimate of drug-likeness (QED) is 0.328. The van der Waals surface area contributed by atoms with Gasteiger partial charge in [-0.3, -0.25) is 4.79 Å². The summed E-state index contributed by atoms with van der Waals surface area (Å²) < 4.78 is 7.60. The zero-order chi connectivity index (χ0) is 26.6. The fourth-order valence-corrected chi connectivity index (χ4v) is 6.56. The van der Waals surface area contributed by atoms with Crippen molar-refractivity contribution in [2.75, 3.05) is 13.1 Å². The maximum absolute atomic E-state index is 13.4. The standard InChI is InChI=1S/C28H29Cl2N3O3S/c1-16(26(34)32-14-19-13-18(32)15-33(19)27(35)36-28(2,3)4)21-7-9-23(25(30)24(21)29)37-20-6-8-22-17(12-20)10-11-31(22)5/h6-12,18-19H,1,13-15H2,2-5H3/t18-,19-/m0/s1. The minimum atomic E-state index is -0.558. The molecule has 2 aromatic carbocycles. The van der Waals surface area contributed by atoms with E-state index in [0.29, 0.717) is 34.3 Å². The van der Waals surface area contributed by atoms with Crippen LogP contribution in [0.25, 0.3) is 16.5 Å². The molecule has 0 aliphatic carbocycles. The van der Waals surface area contributed by atoms with E-state index in [9.17, 15) is 9.59 Å². The summed E-state index contributed by atoms with van der Waals surface area (Å²) in [6.07, 6.45) is 2.43. The van der Waals surface area contributed by atoms with Crippen LogP contribution in [0.3, 0.4) is 0 Å². The Bertz CT molecular complexity index is 1430. The highest BCUT2D eigenvalue weighted by molar-refractivity contribution is 7.99. The molecule has 2 amide bonds. The molecule has 3 heterocycles. The van der Waals surface area contributed by atoms with Gasteiger partial charge in [-0.1, -0.05) is 47.6 Å². The second-order valence-electron chi connectivity index (χ2n) is 10.6. The number of hydrogen-bond acceptors (Lipinski definition) is 4. The van der Waals surface area contributed by atoms with E-state index in [1.807, 2.05) is 40.1 Å². The summed E-state index contributed by atoms with van der Waals surface area (Å²) in [5, 5.41) is 1.85. The molecular formula is C28H29Cl2N3O3S. The van der Waals surface area contributed by atoms with Crippen molar-refractivity contribution in [3.63, 3.8) is 0 Å². The smallest absolute Gasteiger partial charge is 0.410 e. The highest BCUT2D eigenvalue weighted by Crippen LogP contribution is 2.42. The van der Waals surface area contributed by atoms with Gasteiger partial charge >= 0.3 is 6.09 Å². The van der Waals surface area contributed by atoms with E-state index < -0.39 is 5.60 Å². The third-order valence-corrected chi connectivity index (χ3v) is 8.89. The van der Waals surface area contributed by atoms with Gasteiger partial charge in [-0.2, -0.15) is 0 Å². The molecule has 2 bridgehead atoms. The highest BCUT2D eigenvalue weighted by Gasteiger charge is 2.48. The number of nitrogens with zero attached hydrogens (tertiary/aromatic N) is 3. The summed E-state index contributed by atoms with van der Waals surface area (Å²) in [6.45, 7) is 10.5. The average molecular weight is 559 g/mol. The zero-order valence-electron chi connectivity index (χ0n) is 21.3. The number of benzene rings is 2. The van der Waals surface area contributed by atoms with E-state index in [0.717, 1.165) is 27.1 Å². The first-order valence-electron chi connectivity index (χ1n) is 12.1. The Kier molecular flexibility index (Phi) is 6.75. The first-order valence-corrected chi connectivity index (χ1v) is 13.7. The lowest BCUT2D eigenvalue weighted by molar-refractivity contribution is -0.127. The highest BCUT2D eigenvalue weighted by atomic mass is 35.5. The zero-order valence-corrected chi connectivity index (χ0v) is 23.6. The lowest BCUT2D eigenvalue weighted by Crippen LogP contribution is -2.51. The number of hydrogen-bond donors (Lipinski definition) is 0. The van der Waals surface area contributed by atoms with Crippen LogP contribution in [-0.2, 0) is 16.6 Å². The fourth-order valence-electron chi connectivity index (χ4n) is 5.04. The van der Waals surface area contributed by atoms with Crippen molar-refractivity contribution < 1.29 is 14.3 Å². The van der Waals surface area contributed by atoms with Crippen LogP contribution in [0.5, 0.6) is 0 Å². The molecule has 194 valence electrons. The van der Waals surface area contributed by atoms with Crippen molar-refractivity contribution >= 4 is 63.4 Å². The second kappa shape index (κ2) is 9.61. The average Bonchev–Trinajstić information content (AvgIpc) is 3.55. The van der Waals surface area contributed by atoms with E-state index in [1.165, 1.54) is 11.8 Å². The van der Waals surface area contributed by atoms with Gasteiger partial charge in [-0.05, 0) is 57.5 Å². The van der Waals surface area contributed by atoms with Crippen molar-refractivity contribution in [2.24, 2.45) is 7.05 Å². The van der Waals surface area contributed by atoms with Crippen LogP contribution in [0.4, 0.5) is 4.79 Å². The maximum Gasteiger partial charge on any atom is 0.410 e. The number of ether oxygens (including phenoxy) is 1. The van der Waals surface area contributed by atoms with Gasteiger partial charge in [0.05, 0.1) is 22.1 Å². The predicted molar refractivity (Wildman–Crippen MR) is 149 cm³/mol. The largest absolute Gasteiger partial charge is 0.444 e. The van der Waals surface area contributed by atoms with Crippen molar-refractivity contribution in [3.05, 3.63) is 64.8 Å². The Morgan fingerprint density at radius 1 is 1.03 bits per heavy atom. The molecule has 2 aliphatic heterocycles. The SMILES string of the molecule is C=C(C(=O)N1C[C@@H]2C[C@H]1CN2C(=O)OC(C)(C)C)c1ccc(Sc2ccc3c(ccn3C)c2)c(Cl)c1Cl. The molecule has 2 fully saturated rings. The van der Waals surface area contributed by atoms with Gasteiger partial charge in [0.1, 0.15) is 5.60 Å². The fraction of sp³-hybridized carbons (Fsp3) is 0.357. The lowest BCUT2D eigenvalue weighted by atomic mass is 10.1. The Morgan fingerprint density at radius 3 is 2.41 bits per heavy atom. The normalized spacial score (nSPS) is 19.1. The Morgan fingerprint density at radius 2 is 1.73 bits per heavy atom. The van der Waals surface area contributed by atoms with E-state index in [-0.39, 0.29) is 24.1 Å². The molecule has 37 heavy (non-hydrogen) atoms. The molecule has 0 radical (unpaired) electrons. The van der Waals surface area contributed by atoms with E-state index in [4.69, 9.17) is 27.9 Å². The molecular weight excluding hydrogens is 529 g/mol. The van der Waals surface area contributed by atoms with E-state index >= 15 is 0 Å². The summed E-state index contributed by atoms with van der Waals surface area (Å²) >= 11 is 14.9. The minimum absolute atomic E-state index is 0.0589. The summed E-state index contributed by atoms with van der Waals surface area (Å²) in [6, 6.07) is 11.9. The number of carbonyl (C=O) groups is 2. The minimum Gasteiger partial charge on any atom is -0.444 e. The van der Waals surface area contributed by atoms with Crippen molar-refractivity contribution in [2.45, 2.75) is 54.7 Å². The van der Waals surface area contributed by atoms with Gasteiger partial charge in [0, 0.05) is 58.2 Å². The first-order chi connectivity index (χ1) is 17.4. The summed E-state index contributed by atoms with van der Waals surface area (Å²) in [5.74, 6) is -0.191. The maximum atomic E-state index is 13.4. The Hall–Kier alpha value is -2.61. The molecule has 0 saturated carbocycles. The molecule has 3 aromatic rings. The number of likely N-dealkylation sites (tertiary alicyclic amines) is 2. The molecule has 6 nitrogen and oxygen atoms in total. The third kappa shape index (κ3) is 4.97. The molecule has 0 unspecified atom stereocenters. The predicted octanol–water partition coefficient (Wildman–Crippen LogP) is 6.87. The van der Waals surface area contributed by atoms with Crippen LogP contribution < -0.4 is 0 Å². The van der Waals surface area contributed by atoms with Crippen molar-refractivity contribution in [3.8, 4) is 0 Å². The van der Waals surface area contributed by atoms with Crippen molar-refractivity contribution in [1.82, 2.24) is 14.4 Å². The number of aryl methyl sites for hydroxylation is 1. The third-order valence-electron chi connectivity index (χ3n) is 6.84. The van der Waals surface area contributed by atoms with Crippen LogP contribution in [0.15, 0.2) is 59.0 Å². The van der Waals surface area contributed by atoms with Gasteiger partial charge in [0.15, 0.2) is 0 Å². The number of amides is 2. The number of piperazine rings is 1. The molecule has 0 N–H and O–H groups in total. The molecule has 2 atom stereocenters. The lowest BCUT2D eigenvalue weighted by Gasteiger charge is -2.35. The van der Waals surface area contributed by atoms with Gasteiger partial charge in [0.2, 0.25) is 0 Å². The van der Waals surface area contributed by atoms with E-state index in [1.54, 1.807) is 15.9 Å². The monoisotopic (exact) mass is 557 g/mol. The van der Waals surface area contributed by atoms with Gasteiger partial charge < -0.3 is 19.1 Å². The number of fused-ring (bicyclic) bond motifs is 3. The number of rotatable bonds is 4. The summed E-state index contributed by atoms with van der Waals surface area (Å²) in [5.41, 5.74) is 1.41. The van der Waals surface area contributed by atoms with Crippen LogP contribution >= 0.6 is 35.0 Å². The second-order valence-corrected chi connectivity index (χ2v) is 12.5. The van der Waals surface area contributed by atoms with Gasteiger partial charge in [-0.25, -0.2) is 4.79 Å². The van der Waals surface area contributed by atoms with Gasteiger partial charge in [0.25, 0.3) is 5.91 Å². The summed E-state index contributed by atoms with van der Waals surface area (Å²) in [4.78, 5) is 31.3.